The van der Waals surface area contributed by atoms with Crippen LogP contribution in [0.3, 0.4) is 0 Å². The van der Waals surface area contributed by atoms with Crippen molar-refractivity contribution in [1.29, 1.82) is 0 Å². The number of carbonyl (C=O) groups is 2. The Morgan fingerprint density at radius 2 is 1.66 bits per heavy atom. The van der Waals surface area contributed by atoms with Crippen molar-refractivity contribution in [3.63, 3.8) is 0 Å². The molecule has 29 heavy (non-hydrogen) atoms. The molecular weight excluding hydrogens is 388 g/mol. The molecule has 4 rings (SSSR count). The minimum atomic E-state index is -0.659. The normalized spacial score (nSPS) is 47.3. The molecule has 0 amide bonds. The Balaban J connectivity index is 1.45. The third-order valence-electron chi connectivity index (χ3n) is 9.63. The minimum absolute atomic E-state index is 0.0463. The fourth-order valence-electron chi connectivity index (χ4n) is 8.29. The maximum atomic E-state index is 12.3. The van der Waals surface area contributed by atoms with Crippen LogP contribution in [0.4, 0.5) is 4.79 Å². The third-order valence-corrected chi connectivity index (χ3v) is 9.72. The second-order valence-corrected chi connectivity index (χ2v) is 11.5. The van der Waals surface area contributed by atoms with Crippen molar-refractivity contribution >= 4 is 23.5 Å². The van der Waals surface area contributed by atoms with Crippen molar-refractivity contribution in [1.82, 2.24) is 0 Å². The zero-order valence-corrected chi connectivity index (χ0v) is 19.2. The molecule has 4 saturated carbocycles. The van der Waals surface area contributed by atoms with Crippen LogP contribution in [-0.2, 0) is 14.3 Å². The SMILES string of the molecule is CC(=O)C1CC[C@H]2[C@@H]3CC[C@H]4C[C@@H](OC(=O)OC(C)Cl)CC[C@]4(C)[C@H]3CCC12C. The lowest BCUT2D eigenvalue weighted by Crippen LogP contribution is -2.54. The summed E-state index contributed by atoms with van der Waals surface area (Å²) in [5.41, 5.74) is -0.103. The highest BCUT2D eigenvalue weighted by molar-refractivity contribution is 6.19. The number of alkyl halides is 1. The Morgan fingerprint density at radius 3 is 2.34 bits per heavy atom. The number of halogens is 1. The van der Waals surface area contributed by atoms with Crippen molar-refractivity contribution in [3.05, 3.63) is 0 Å². The van der Waals surface area contributed by atoms with Crippen LogP contribution >= 0.6 is 11.6 Å². The van der Waals surface area contributed by atoms with Gasteiger partial charge >= 0.3 is 6.16 Å². The summed E-state index contributed by atoms with van der Waals surface area (Å²) in [6, 6.07) is 0. The van der Waals surface area contributed by atoms with E-state index in [1.54, 1.807) is 13.8 Å². The average Bonchev–Trinajstić information content (AvgIpc) is 2.98. The number of fused-ring (bicyclic) bond motifs is 5. The summed E-state index contributed by atoms with van der Waals surface area (Å²) in [5.74, 6) is 3.52. The topological polar surface area (TPSA) is 52.6 Å². The molecule has 4 aliphatic carbocycles. The lowest BCUT2D eigenvalue weighted by molar-refractivity contribution is -0.140. The van der Waals surface area contributed by atoms with E-state index in [1.165, 1.54) is 32.1 Å². The Labute approximate surface area is 180 Å². The molecule has 0 N–H and O–H groups in total. The van der Waals surface area contributed by atoms with Crippen LogP contribution in [0, 0.1) is 40.4 Å². The van der Waals surface area contributed by atoms with Gasteiger partial charge in [-0.2, -0.15) is 0 Å². The van der Waals surface area contributed by atoms with Crippen LogP contribution in [-0.4, -0.2) is 23.6 Å². The van der Waals surface area contributed by atoms with Gasteiger partial charge in [0.05, 0.1) is 0 Å². The lowest BCUT2D eigenvalue weighted by Gasteiger charge is -2.61. The molecule has 0 radical (unpaired) electrons. The smallest absolute Gasteiger partial charge is 0.431 e. The van der Waals surface area contributed by atoms with Crippen molar-refractivity contribution in [2.45, 2.75) is 97.1 Å². The minimum Gasteiger partial charge on any atom is -0.431 e. The van der Waals surface area contributed by atoms with Crippen LogP contribution in [0.25, 0.3) is 0 Å². The van der Waals surface area contributed by atoms with Gasteiger partial charge in [0.15, 0.2) is 5.56 Å². The summed E-state index contributed by atoms with van der Waals surface area (Å²) in [6.45, 7) is 8.35. The van der Waals surface area contributed by atoms with Crippen molar-refractivity contribution in [3.8, 4) is 0 Å². The molecule has 0 spiro atoms. The average molecular weight is 425 g/mol. The van der Waals surface area contributed by atoms with Crippen LogP contribution in [0.15, 0.2) is 0 Å². The van der Waals surface area contributed by atoms with Crippen molar-refractivity contribution < 1.29 is 19.1 Å². The third kappa shape index (κ3) is 3.62. The molecule has 4 nitrogen and oxygen atoms in total. The zero-order valence-electron chi connectivity index (χ0n) is 18.4. The summed E-state index contributed by atoms with van der Waals surface area (Å²) >= 11 is 5.74. The molecule has 0 aromatic heterocycles. The molecule has 0 aromatic carbocycles. The number of rotatable bonds is 3. The molecular formula is C24H37ClO4. The van der Waals surface area contributed by atoms with E-state index in [2.05, 4.69) is 13.8 Å². The highest BCUT2D eigenvalue weighted by atomic mass is 35.5. The quantitative estimate of drug-likeness (QED) is 0.391. The number of Topliss-reactive ketones (excluding diaryl/α,β-unsaturated/α-hetero) is 1. The molecule has 9 atom stereocenters. The number of ether oxygens (including phenoxy) is 2. The fourth-order valence-corrected chi connectivity index (χ4v) is 8.36. The first-order valence-electron chi connectivity index (χ1n) is 11.7. The molecule has 0 aromatic rings. The molecule has 4 aliphatic rings. The molecule has 0 heterocycles. The second-order valence-electron chi connectivity index (χ2n) is 10.9. The summed E-state index contributed by atoms with van der Waals surface area (Å²) in [6.07, 6.45) is 9.57. The molecule has 164 valence electrons. The van der Waals surface area contributed by atoms with E-state index in [1.807, 2.05) is 0 Å². The van der Waals surface area contributed by atoms with Gasteiger partial charge in [0.2, 0.25) is 0 Å². The summed E-state index contributed by atoms with van der Waals surface area (Å²) in [5, 5.41) is 0. The van der Waals surface area contributed by atoms with Crippen molar-refractivity contribution in [2.24, 2.45) is 40.4 Å². The number of hydrogen-bond donors (Lipinski definition) is 0. The second kappa shape index (κ2) is 7.73. The highest BCUT2D eigenvalue weighted by Crippen LogP contribution is 2.67. The molecule has 3 unspecified atom stereocenters. The lowest BCUT2D eigenvalue weighted by atomic mass is 9.44. The monoisotopic (exact) mass is 424 g/mol. The van der Waals surface area contributed by atoms with E-state index in [4.69, 9.17) is 21.1 Å². The molecule has 4 fully saturated rings. The standard InChI is InChI=1S/C24H37ClO4/c1-14(26)19-7-8-20-18-6-5-16-13-17(29-22(27)28-15(2)25)9-11-23(16,3)21(18)10-12-24(19,20)4/h15-21H,5-13H2,1-4H3/t15?,16-,17-,18-,19?,20-,21-,23-,24?/m0/s1. The van der Waals surface area contributed by atoms with Gasteiger partial charge < -0.3 is 9.47 Å². The summed E-state index contributed by atoms with van der Waals surface area (Å²) < 4.78 is 10.5. The largest absolute Gasteiger partial charge is 0.510 e. The van der Waals surface area contributed by atoms with Crippen LogP contribution in [0.5, 0.6) is 0 Å². The van der Waals surface area contributed by atoms with E-state index in [-0.39, 0.29) is 17.4 Å². The Kier molecular flexibility index (Phi) is 5.72. The Hall–Kier alpha value is -0.770. The Morgan fingerprint density at radius 1 is 0.966 bits per heavy atom. The van der Waals surface area contributed by atoms with Gasteiger partial charge in [-0.1, -0.05) is 25.4 Å². The summed E-state index contributed by atoms with van der Waals surface area (Å²) in [4.78, 5) is 24.2. The van der Waals surface area contributed by atoms with Gasteiger partial charge in [0.1, 0.15) is 11.9 Å². The van der Waals surface area contributed by atoms with E-state index in [0.717, 1.165) is 37.5 Å². The molecule has 5 heteroatoms. The first-order valence-corrected chi connectivity index (χ1v) is 12.1. The number of carbonyl (C=O) groups excluding carboxylic acids is 2. The maximum Gasteiger partial charge on any atom is 0.510 e. The molecule has 0 bridgehead atoms. The number of ketones is 1. The van der Waals surface area contributed by atoms with Crippen LogP contribution in [0.1, 0.15) is 85.5 Å². The number of hydrogen-bond acceptors (Lipinski definition) is 4. The predicted octanol–water partition coefficient (Wildman–Crippen LogP) is 6.34. The van der Waals surface area contributed by atoms with Gasteiger partial charge in [-0.05, 0) is 106 Å². The van der Waals surface area contributed by atoms with Gasteiger partial charge in [0.25, 0.3) is 0 Å². The van der Waals surface area contributed by atoms with E-state index in [9.17, 15) is 9.59 Å². The van der Waals surface area contributed by atoms with Crippen LogP contribution < -0.4 is 0 Å². The highest BCUT2D eigenvalue weighted by Gasteiger charge is 2.60. The fraction of sp³-hybridized carbons (Fsp3) is 0.917. The molecule has 0 aliphatic heterocycles. The van der Waals surface area contributed by atoms with E-state index >= 15 is 0 Å². The van der Waals surface area contributed by atoms with Gasteiger partial charge in [-0.3, -0.25) is 4.79 Å². The van der Waals surface area contributed by atoms with Crippen LogP contribution in [0.2, 0.25) is 0 Å². The van der Waals surface area contributed by atoms with Gasteiger partial charge in [-0.15, -0.1) is 0 Å². The van der Waals surface area contributed by atoms with Gasteiger partial charge in [0, 0.05) is 5.92 Å². The first kappa shape index (κ1) is 21.5. The predicted molar refractivity (Wildman–Crippen MR) is 113 cm³/mol. The maximum absolute atomic E-state index is 12.3. The van der Waals surface area contributed by atoms with E-state index in [0.29, 0.717) is 23.0 Å². The zero-order chi connectivity index (χ0) is 21.0. The first-order chi connectivity index (χ1) is 13.6. The molecule has 0 saturated heterocycles. The van der Waals surface area contributed by atoms with Gasteiger partial charge in [-0.25, -0.2) is 4.79 Å². The van der Waals surface area contributed by atoms with E-state index < -0.39 is 11.7 Å². The summed E-state index contributed by atoms with van der Waals surface area (Å²) in [7, 11) is 0. The van der Waals surface area contributed by atoms with Crippen molar-refractivity contribution in [2.75, 3.05) is 0 Å². The Bertz CT molecular complexity index is 663.